The summed E-state index contributed by atoms with van der Waals surface area (Å²) in [4.78, 5) is 16.0. The van der Waals surface area contributed by atoms with Gasteiger partial charge in [-0.05, 0) is 34.9 Å². The van der Waals surface area contributed by atoms with E-state index < -0.39 is 0 Å². The first-order chi connectivity index (χ1) is 14.3. The first kappa shape index (κ1) is 18.1. The number of morpholine rings is 1. The molecule has 0 atom stereocenters. The molecule has 2 heterocycles. The molecule has 3 aromatic carbocycles. The predicted octanol–water partition coefficient (Wildman–Crippen LogP) is 4.36. The number of carbonyl (C=O) groups is 1. The van der Waals surface area contributed by atoms with Crippen molar-refractivity contribution < 1.29 is 9.53 Å². The van der Waals surface area contributed by atoms with Crippen molar-refractivity contribution in [3.8, 4) is 0 Å². The molecule has 5 rings (SSSR count). The number of nitrogens with zero attached hydrogens (tertiary/aromatic N) is 2. The molecule has 4 heteroatoms. The third-order valence-corrected chi connectivity index (χ3v) is 5.83. The Morgan fingerprint density at radius 1 is 0.862 bits per heavy atom. The van der Waals surface area contributed by atoms with Crippen LogP contribution in [0.3, 0.4) is 0 Å². The van der Waals surface area contributed by atoms with Crippen LogP contribution in [0.5, 0.6) is 0 Å². The minimum atomic E-state index is 0.0237. The molecule has 1 fully saturated rings. The quantitative estimate of drug-likeness (QED) is 0.524. The number of para-hydroxylation sites is 1. The topological polar surface area (TPSA) is 34.5 Å². The third-order valence-electron chi connectivity index (χ3n) is 5.83. The molecule has 4 nitrogen and oxygen atoms in total. The largest absolute Gasteiger partial charge is 0.379 e. The molecule has 0 aliphatic carbocycles. The van der Waals surface area contributed by atoms with Crippen molar-refractivity contribution in [1.29, 1.82) is 0 Å². The van der Waals surface area contributed by atoms with Crippen molar-refractivity contribution in [3.05, 3.63) is 84.1 Å². The summed E-state index contributed by atoms with van der Waals surface area (Å²) in [6.07, 6.45) is 2.96. The first-order valence-electron chi connectivity index (χ1n) is 10.2. The zero-order valence-electron chi connectivity index (χ0n) is 16.4. The average molecular weight is 384 g/mol. The monoisotopic (exact) mass is 384 g/mol. The Labute approximate surface area is 170 Å². The van der Waals surface area contributed by atoms with Crippen LogP contribution in [0, 0.1) is 0 Å². The lowest BCUT2D eigenvalue weighted by atomic mass is 10.0. The van der Waals surface area contributed by atoms with Crippen molar-refractivity contribution >= 4 is 27.6 Å². The molecule has 0 N–H and O–H groups in total. The summed E-state index contributed by atoms with van der Waals surface area (Å²) >= 11 is 0. The zero-order valence-corrected chi connectivity index (χ0v) is 16.4. The molecular weight excluding hydrogens is 360 g/mol. The van der Waals surface area contributed by atoms with Crippen LogP contribution in [0.25, 0.3) is 21.7 Å². The van der Waals surface area contributed by atoms with E-state index in [1.54, 1.807) is 0 Å². The highest BCUT2D eigenvalue weighted by atomic mass is 16.5. The number of hydrogen-bond donors (Lipinski definition) is 0. The molecule has 29 heavy (non-hydrogen) atoms. The van der Waals surface area contributed by atoms with E-state index in [0.29, 0.717) is 0 Å². The summed E-state index contributed by atoms with van der Waals surface area (Å²) in [6, 6.07) is 22.2. The molecule has 1 aliphatic heterocycles. The van der Waals surface area contributed by atoms with Crippen LogP contribution in [-0.2, 0) is 11.2 Å². The van der Waals surface area contributed by atoms with Gasteiger partial charge in [-0.3, -0.25) is 14.3 Å². The van der Waals surface area contributed by atoms with Gasteiger partial charge < -0.3 is 4.74 Å². The van der Waals surface area contributed by atoms with E-state index in [9.17, 15) is 4.79 Å². The molecule has 1 aromatic heterocycles. The van der Waals surface area contributed by atoms with E-state index in [0.717, 1.165) is 66.5 Å². The van der Waals surface area contributed by atoms with Gasteiger partial charge in [-0.15, -0.1) is 0 Å². The second-order valence-corrected chi connectivity index (χ2v) is 7.58. The summed E-state index contributed by atoms with van der Waals surface area (Å²) in [5.74, 6) is 0.0237. The van der Waals surface area contributed by atoms with Crippen LogP contribution in [-0.4, -0.2) is 48.2 Å². The van der Waals surface area contributed by atoms with E-state index >= 15 is 0 Å². The normalized spacial score (nSPS) is 15.2. The Kier molecular flexibility index (Phi) is 4.88. The van der Waals surface area contributed by atoms with Crippen molar-refractivity contribution in [2.45, 2.75) is 6.42 Å². The van der Waals surface area contributed by atoms with Crippen molar-refractivity contribution in [1.82, 2.24) is 9.47 Å². The van der Waals surface area contributed by atoms with Crippen LogP contribution < -0.4 is 0 Å². The second kappa shape index (κ2) is 7.82. The molecule has 0 radical (unpaired) electrons. The minimum absolute atomic E-state index is 0.0237. The predicted molar refractivity (Wildman–Crippen MR) is 117 cm³/mol. The van der Waals surface area contributed by atoms with E-state index in [1.807, 2.05) is 71.4 Å². The Hall–Kier alpha value is -2.95. The molecule has 1 saturated heterocycles. The second-order valence-electron chi connectivity index (χ2n) is 7.58. The summed E-state index contributed by atoms with van der Waals surface area (Å²) in [5, 5.41) is 3.24. The van der Waals surface area contributed by atoms with Crippen molar-refractivity contribution in [2.75, 3.05) is 32.8 Å². The Morgan fingerprint density at radius 3 is 2.45 bits per heavy atom. The van der Waals surface area contributed by atoms with Gasteiger partial charge in [-0.1, -0.05) is 54.6 Å². The van der Waals surface area contributed by atoms with Gasteiger partial charge in [0.1, 0.15) is 0 Å². The summed E-state index contributed by atoms with van der Waals surface area (Å²) in [7, 11) is 0. The van der Waals surface area contributed by atoms with Crippen LogP contribution in [0.15, 0.2) is 72.9 Å². The Morgan fingerprint density at radius 2 is 1.59 bits per heavy atom. The van der Waals surface area contributed by atoms with Gasteiger partial charge in [-0.2, -0.15) is 0 Å². The number of ether oxygens (including phenoxy) is 1. The summed E-state index contributed by atoms with van der Waals surface area (Å²) in [6.45, 7) is 4.56. The van der Waals surface area contributed by atoms with Gasteiger partial charge in [0.15, 0.2) is 0 Å². The molecular formula is C25H24N2O2. The maximum absolute atomic E-state index is 13.5. The van der Waals surface area contributed by atoms with E-state index in [-0.39, 0.29) is 5.91 Å². The highest BCUT2D eigenvalue weighted by Gasteiger charge is 2.18. The maximum Gasteiger partial charge on any atom is 0.262 e. The fraction of sp³-hybridized carbons (Fsp3) is 0.240. The minimum Gasteiger partial charge on any atom is -0.379 e. The molecule has 0 spiro atoms. The maximum atomic E-state index is 13.5. The van der Waals surface area contributed by atoms with E-state index in [2.05, 4.69) is 11.0 Å². The van der Waals surface area contributed by atoms with Gasteiger partial charge >= 0.3 is 0 Å². The number of carbonyl (C=O) groups excluding carboxylic acids is 1. The van der Waals surface area contributed by atoms with Gasteiger partial charge in [0.05, 0.1) is 18.7 Å². The lowest BCUT2D eigenvalue weighted by Gasteiger charge is -2.26. The zero-order chi connectivity index (χ0) is 19.6. The number of hydrogen-bond acceptors (Lipinski definition) is 3. The fourth-order valence-electron chi connectivity index (χ4n) is 4.26. The lowest BCUT2D eigenvalue weighted by molar-refractivity contribution is 0.0385. The summed E-state index contributed by atoms with van der Waals surface area (Å²) in [5.41, 5.74) is 2.94. The molecule has 0 unspecified atom stereocenters. The van der Waals surface area contributed by atoms with Gasteiger partial charge in [-0.25, -0.2) is 0 Å². The molecule has 1 aliphatic rings. The van der Waals surface area contributed by atoms with Crippen LogP contribution >= 0.6 is 0 Å². The average Bonchev–Trinajstić information content (AvgIpc) is 3.16. The highest BCUT2D eigenvalue weighted by molar-refractivity contribution is 6.11. The van der Waals surface area contributed by atoms with Gasteiger partial charge in [0.25, 0.3) is 5.91 Å². The first-order valence-corrected chi connectivity index (χ1v) is 10.2. The van der Waals surface area contributed by atoms with Crippen molar-refractivity contribution in [2.24, 2.45) is 0 Å². The SMILES string of the molecule is O=C(c1cccc2ccccc12)n1cc(CCN2CCOCC2)c2ccccc21. The lowest BCUT2D eigenvalue weighted by Crippen LogP contribution is -2.37. The van der Waals surface area contributed by atoms with Crippen LogP contribution in [0.2, 0.25) is 0 Å². The molecule has 0 amide bonds. The van der Waals surface area contributed by atoms with E-state index in [1.165, 1.54) is 5.56 Å². The molecule has 0 bridgehead atoms. The number of rotatable bonds is 4. The highest BCUT2D eigenvalue weighted by Crippen LogP contribution is 2.26. The Bertz CT molecular complexity index is 1170. The molecule has 0 saturated carbocycles. The van der Waals surface area contributed by atoms with Crippen molar-refractivity contribution in [3.63, 3.8) is 0 Å². The fourth-order valence-corrected chi connectivity index (χ4v) is 4.26. The number of fused-ring (bicyclic) bond motifs is 2. The van der Waals surface area contributed by atoms with E-state index in [4.69, 9.17) is 4.74 Å². The molecule has 4 aromatic rings. The Balaban J connectivity index is 1.52. The standard InChI is InChI=1S/C25H24N2O2/c28-25(23-10-5-7-19-6-1-2-8-21(19)23)27-18-20(22-9-3-4-11-24(22)27)12-13-26-14-16-29-17-15-26/h1-11,18H,12-17H2. The smallest absolute Gasteiger partial charge is 0.262 e. The van der Waals surface area contributed by atoms with Gasteiger partial charge in [0, 0.05) is 36.8 Å². The summed E-state index contributed by atoms with van der Waals surface area (Å²) < 4.78 is 7.28. The van der Waals surface area contributed by atoms with Crippen LogP contribution in [0.4, 0.5) is 0 Å². The third kappa shape index (κ3) is 3.46. The molecule has 146 valence electrons. The van der Waals surface area contributed by atoms with Gasteiger partial charge in [0.2, 0.25) is 0 Å². The van der Waals surface area contributed by atoms with Crippen LogP contribution in [0.1, 0.15) is 15.9 Å². The number of benzene rings is 3. The number of aromatic nitrogens is 1.